The van der Waals surface area contributed by atoms with E-state index in [1.807, 2.05) is 0 Å². The van der Waals surface area contributed by atoms with Gasteiger partial charge in [-0.3, -0.25) is 4.55 Å². The predicted molar refractivity (Wildman–Crippen MR) is 65.0 cm³/mol. The van der Waals surface area contributed by atoms with Gasteiger partial charge in [0.2, 0.25) is 0 Å². The quantitative estimate of drug-likeness (QED) is 0.723. The third-order valence-electron chi connectivity index (χ3n) is 2.45. The molecule has 0 atom stereocenters. The molecule has 94 valence electrons. The molecule has 0 radical (unpaired) electrons. The number of phenolic OH excluding ortho intramolecular Hbond substituents is 2. The van der Waals surface area contributed by atoms with Gasteiger partial charge in [0.15, 0.2) is 4.90 Å². The van der Waals surface area contributed by atoms with E-state index in [2.05, 4.69) is 0 Å². The number of hydrogen-bond donors (Lipinski definition) is 3. The minimum absolute atomic E-state index is 0.209. The summed E-state index contributed by atoms with van der Waals surface area (Å²) in [5.74, 6) is -1.38. The van der Waals surface area contributed by atoms with Gasteiger partial charge in [-0.2, -0.15) is 8.42 Å². The van der Waals surface area contributed by atoms with Crippen LogP contribution in [0.4, 0.5) is 0 Å². The summed E-state index contributed by atoms with van der Waals surface area (Å²) in [5, 5.41) is 19.3. The second-order valence-electron chi connectivity index (χ2n) is 3.65. The third kappa shape index (κ3) is 2.15. The highest BCUT2D eigenvalue weighted by molar-refractivity contribution is 7.86. The molecule has 2 aromatic rings. The lowest BCUT2D eigenvalue weighted by atomic mass is 10.0. The van der Waals surface area contributed by atoms with Crippen molar-refractivity contribution in [1.29, 1.82) is 0 Å². The monoisotopic (exact) mass is 266 g/mol. The Labute approximate surface area is 104 Å². The minimum Gasteiger partial charge on any atom is -0.506 e. The molecule has 0 bridgehead atoms. The van der Waals surface area contributed by atoms with Crippen LogP contribution in [0.2, 0.25) is 0 Å². The molecule has 2 rings (SSSR count). The van der Waals surface area contributed by atoms with Crippen molar-refractivity contribution in [2.24, 2.45) is 0 Å². The summed E-state index contributed by atoms with van der Waals surface area (Å²) in [4.78, 5) is -0.885. The Morgan fingerprint density at radius 1 is 0.889 bits per heavy atom. The zero-order valence-electron chi connectivity index (χ0n) is 9.11. The Bertz CT molecular complexity index is 677. The standard InChI is InChI=1S/C12H10O5S/c13-10-7-6-9(8-4-2-1-3-5-8)11(14)12(10)18(15,16)17/h1-7,13-14H,(H,15,16,17). The highest BCUT2D eigenvalue weighted by atomic mass is 32.2. The van der Waals surface area contributed by atoms with E-state index in [-0.39, 0.29) is 5.56 Å². The van der Waals surface area contributed by atoms with E-state index in [9.17, 15) is 18.6 Å². The van der Waals surface area contributed by atoms with Crippen molar-refractivity contribution in [2.75, 3.05) is 0 Å². The molecular weight excluding hydrogens is 256 g/mol. The highest BCUT2D eigenvalue weighted by Gasteiger charge is 2.23. The molecule has 0 saturated heterocycles. The topological polar surface area (TPSA) is 94.8 Å². The number of hydrogen-bond acceptors (Lipinski definition) is 4. The summed E-state index contributed by atoms with van der Waals surface area (Å²) in [6.45, 7) is 0. The molecule has 0 heterocycles. The maximum absolute atomic E-state index is 11.1. The lowest BCUT2D eigenvalue weighted by Crippen LogP contribution is -2.00. The lowest BCUT2D eigenvalue weighted by molar-refractivity contribution is 0.412. The van der Waals surface area contributed by atoms with Crippen LogP contribution in [-0.2, 0) is 10.1 Å². The molecule has 0 spiro atoms. The second-order valence-corrected chi connectivity index (χ2v) is 5.01. The normalized spacial score (nSPS) is 11.4. The van der Waals surface area contributed by atoms with Crippen LogP contribution in [0.1, 0.15) is 0 Å². The van der Waals surface area contributed by atoms with Crippen LogP contribution in [0.3, 0.4) is 0 Å². The van der Waals surface area contributed by atoms with Crippen LogP contribution < -0.4 is 0 Å². The molecule has 0 aromatic heterocycles. The number of benzene rings is 2. The largest absolute Gasteiger partial charge is 0.506 e. The van der Waals surface area contributed by atoms with Gasteiger partial charge in [0, 0.05) is 5.56 Å². The van der Waals surface area contributed by atoms with E-state index >= 15 is 0 Å². The Balaban J connectivity index is 2.74. The first-order valence-electron chi connectivity index (χ1n) is 4.99. The van der Waals surface area contributed by atoms with Gasteiger partial charge in [-0.1, -0.05) is 30.3 Å². The molecule has 2 aromatic carbocycles. The van der Waals surface area contributed by atoms with E-state index in [4.69, 9.17) is 4.55 Å². The van der Waals surface area contributed by atoms with E-state index in [1.54, 1.807) is 30.3 Å². The maximum Gasteiger partial charge on any atom is 0.301 e. The fourth-order valence-electron chi connectivity index (χ4n) is 1.67. The molecule has 0 amide bonds. The molecule has 0 saturated carbocycles. The maximum atomic E-state index is 11.1. The van der Waals surface area contributed by atoms with Crippen molar-refractivity contribution < 1.29 is 23.2 Å². The molecule has 0 fully saturated rings. The fraction of sp³-hybridized carbons (Fsp3) is 0. The molecule has 6 heteroatoms. The van der Waals surface area contributed by atoms with Crippen molar-refractivity contribution in [1.82, 2.24) is 0 Å². The summed E-state index contributed by atoms with van der Waals surface area (Å²) >= 11 is 0. The SMILES string of the molecule is O=S(=O)(O)c1c(O)ccc(-c2ccccc2)c1O. The van der Waals surface area contributed by atoms with Crippen molar-refractivity contribution >= 4 is 10.1 Å². The second kappa shape index (κ2) is 4.32. The van der Waals surface area contributed by atoms with E-state index in [0.717, 1.165) is 6.07 Å². The first-order valence-corrected chi connectivity index (χ1v) is 6.43. The fourth-order valence-corrected chi connectivity index (χ4v) is 2.35. The number of phenols is 2. The Morgan fingerprint density at radius 3 is 2.06 bits per heavy atom. The van der Waals surface area contributed by atoms with Crippen molar-refractivity contribution in [3.63, 3.8) is 0 Å². The van der Waals surface area contributed by atoms with Gasteiger partial charge in [0.25, 0.3) is 0 Å². The first kappa shape index (κ1) is 12.4. The van der Waals surface area contributed by atoms with Crippen LogP contribution in [0.5, 0.6) is 11.5 Å². The Hall–Kier alpha value is -2.05. The van der Waals surface area contributed by atoms with Crippen LogP contribution in [-0.4, -0.2) is 23.2 Å². The van der Waals surface area contributed by atoms with E-state index < -0.39 is 26.5 Å². The highest BCUT2D eigenvalue weighted by Crippen LogP contribution is 2.39. The van der Waals surface area contributed by atoms with Gasteiger partial charge in [0.1, 0.15) is 11.5 Å². The van der Waals surface area contributed by atoms with Crippen LogP contribution in [0.25, 0.3) is 11.1 Å². The third-order valence-corrected chi connectivity index (χ3v) is 3.37. The average molecular weight is 266 g/mol. The van der Waals surface area contributed by atoms with Crippen LogP contribution in [0, 0.1) is 0 Å². The predicted octanol–water partition coefficient (Wildman–Crippen LogP) is 2.01. The zero-order chi connectivity index (χ0) is 13.3. The Morgan fingerprint density at radius 2 is 1.50 bits per heavy atom. The van der Waals surface area contributed by atoms with Gasteiger partial charge in [-0.25, -0.2) is 0 Å². The van der Waals surface area contributed by atoms with Gasteiger partial charge < -0.3 is 10.2 Å². The molecule has 0 unspecified atom stereocenters. The molecule has 18 heavy (non-hydrogen) atoms. The van der Waals surface area contributed by atoms with Gasteiger partial charge in [0.05, 0.1) is 0 Å². The summed E-state index contributed by atoms with van der Waals surface area (Å²) in [6.07, 6.45) is 0. The van der Waals surface area contributed by atoms with Crippen LogP contribution >= 0.6 is 0 Å². The van der Waals surface area contributed by atoms with E-state index in [0.29, 0.717) is 5.56 Å². The van der Waals surface area contributed by atoms with E-state index in [1.165, 1.54) is 6.07 Å². The first-order chi connectivity index (χ1) is 8.41. The molecule has 5 nitrogen and oxygen atoms in total. The van der Waals surface area contributed by atoms with Crippen molar-refractivity contribution in [3.05, 3.63) is 42.5 Å². The molecule has 3 N–H and O–H groups in total. The number of aromatic hydroxyl groups is 2. The van der Waals surface area contributed by atoms with Crippen LogP contribution in [0.15, 0.2) is 47.4 Å². The lowest BCUT2D eigenvalue weighted by Gasteiger charge is -2.09. The van der Waals surface area contributed by atoms with Gasteiger partial charge in [-0.15, -0.1) is 0 Å². The van der Waals surface area contributed by atoms with Gasteiger partial charge in [-0.05, 0) is 17.7 Å². The molecule has 0 aliphatic heterocycles. The summed E-state index contributed by atoms with van der Waals surface area (Å²) < 4.78 is 31.2. The summed E-state index contributed by atoms with van der Waals surface area (Å²) in [6, 6.07) is 11.0. The zero-order valence-corrected chi connectivity index (χ0v) is 9.92. The Kier molecular flexibility index (Phi) is 2.98. The van der Waals surface area contributed by atoms with Crippen molar-refractivity contribution in [3.8, 4) is 22.6 Å². The molecule has 0 aliphatic rings. The minimum atomic E-state index is -4.69. The summed E-state index contributed by atoms with van der Waals surface area (Å²) in [5.41, 5.74) is 0.779. The van der Waals surface area contributed by atoms with Gasteiger partial charge >= 0.3 is 10.1 Å². The smallest absolute Gasteiger partial charge is 0.301 e. The molecular formula is C12H10O5S. The number of rotatable bonds is 2. The molecule has 0 aliphatic carbocycles. The van der Waals surface area contributed by atoms with Crippen molar-refractivity contribution in [2.45, 2.75) is 4.90 Å². The average Bonchev–Trinajstić information content (AvgIpc) is 2.28. The summed E-state index contributed by atoms with van der Waals surface area (Å²) in [7, 11) is -4.69.